The van der Waals surface area contributed by atoms with E-state index in [0.717, 1.165) is 103 Å². The first-order chi connectivity index (χ1) is 13.9. The molecule has 0 unspecified atom stereocenters. The summed E-state index contributed by atoms with van der Waals surface area (Å²) >= 11 is 0. The molecule has 7 heteroatoms. The fourth-order valence-electron chi connectivity index (χ4n) is 3.16. The standard InChI is InChI=1S/C21H36N4O3/c1-4-20(28-15-1)7-10-24-21(23-9-3-14-27-18-19-5-6-19)22-8-2-11-25-12-16-26-17-13-25/h1,4,15,19H,2-3,5-14,16-18H2,(H2,22,23,24). The van der Waals surface area contributed by atoms with Crippen molar-refractivity contribution in [3.63, 3.8) is 0 Å². The van der Waals surface area contributed by atoms with Crippen LogP contribution in [0.2, 0.25) is 0 Å². The maximum atomic E-state index is 5.70. The van der Waals surface area contributed by atoms with Gasteiger partial charge in [-0.3, -0.25) is 9.89 Å². The Morgan fingerprint density at radius 2 is 2.04 bits per heavy atom. The topological polar surface area (TPSA) is 71.3 Å². The summed E-state index contributed by atoms with van der Waals surface area (Å²) in [5.74, 6) is 2.71. The molecule has 1 saturated carbocycles. The van der Waals surface area contributed by atoms with Crippen molar-refractivity contribution >= 4 is 5.96 Å². The Labute approximate surface area is 168 Å². The molecule has 1 aliphatic carbocycles. The predicted molar refractivity (Wildman–Crippen MR) is 111 cm³/mol. The third kappa shape index (κ3) is 9.08. The highest BCUT2D eigenvalue weighted by Gasteiger charge is 2.20. The van der Waals surface area contributed by atoms with Crippen LogP contribution in [0, 0.1) is 5.92 Å². The molecule has 1 saturated heterocycles. The molecule has 1 aliphatic heterocycles. The molecule has 7 nitrogen and oxygen atoms in total. The van der Waals surface area contributed by atoms with Crippen molar-refractivity contribution in [1.82, 2.24) is 15.5 Å². The number of hydrogen-bond donors (Lipinski definition) is 2. The van der Waals surface area contributed by atoms with Crippen LogP contribution in [-0.2, 0) is 15.9 Å². The van der Waals surface area contributed by atoms with E-state index >= 15 is 0 Å². The molecule has 0 aromatic carbocycles. The molecular weight excluding hydrogens is 356 g/mol. The van der Waals surface area contributed by atoms with Gasteiger partial charge < -0.3 is 24.5 Å². The summed E-state index contributed by atoms with van der Waals surface area (Å²) in [6.07, 6.45) is 7.32. The lowest BCUT2D eigenvalue weighted by atomic mass is 10.3. The Morgan fingerprint density at radius 1 is 1.18 bits per heavy atom. The van der Waals surface area contributed by atoms with Crippen LogP contribution in [-0.4, -0.2) is 76.6 Å². The normalized spacial score (nSPS) is 18.4. The molecule has 1 aromatic heterocycles. The zero-order valence-electron chi connectivity index (χ0n) is 17.0. The summed E-state index contributed by atoms with van der Waals surface area (Å²) in [4.78, 5) is 7.17. The van der Waals surface area contributed by atoms with E-state index < -0.39 is 0 Å². The van der Waals surface area contributed by atoms with E-state index in [1.165, 1.54) is 12.8 Å². The summed E-state index contributed by atoms with van der Waals surface area (Å²) in [6, 6.07) is 3.93. The van der Waals surface area contributed by atoms with Gasteiger partial charge in [0.05, 0.1) is 19.5 Å². The lowest BCUT2D eigenvalue weighted by Crippen LogP contribution is -2.41. The van der Waals surface area contributed by atoms with Crippen molar-refractivity contribution in [1.29, 1.82) is 0 Å². The number of morpholine rings is 1. The average molecular weight is 393 g/mol. The highest BCUT2D eigenvalue weighted by molar-refractivity contribution is 5.79. The van der Waals surface area contributed by atoms with E-state index in [0.29, 0.717) is 0 Å². The first kappa shape index (κ1) is 21.1. The van der Waals surface area contributed by atoms with Crippen molar-refractivity contribution in [2.45, 2.75) is 32.1 Å². The van der Waals surface area contributed by atoms with Crippen LogP contribution >= 0.6 is 0 Å². The van der Waals surface area contributed by atoms with Crippen LogP contribution in [0.25, 0.3) is 0 Å². The fourth-order valence-corrected chi connectivity index (χ4v) is 3.16. The number of hydrogen-bond acceptors (Lipinski definition) is 5. The fraction of sp³-hybridized carbons (Fsp3) is 0.762. The second-order valence-electron chi connectivity index (χ2n) is 7.59. The van der Waals surface area contributed by atoms with Crippen LogP contribution < -0.4 is 10.6 Å². The predicted octanol–water partition coefficient (Wildman–Crippen LogP) is 1.90. The van der Waals surface area contributed by atoms with Crippen LogP contribution in [0.4, 0.5) is 0 Å². The molecule has 0 atom stereocenters. The maximum Gasteiger partial charge on any atom is 0.191 e. The Balaban J connectivity index is 1.31. The van der Waals surface area contributed by atoms with Gasteiger partial charge in [0, 0.05) is 52.4 Å². The van der Waals surface area contributed by atoms with Crippen LogP contribution in [0.5, 0.6) is 0 Å². The molecule has 0 spiro atoms. The van der Waals surface area contributed by atoms with E-state index in [1.54, 1.807) is 6.26 Å². The molecule has 0 radical (unpaired) electrons. The second-order valence-corrected chi connectivity index (χ2v) is 7.59. The Hall–Kier alpha value is -1.57. The molecule has 1 aromatic rings. The van der Waals surface area contributed by atoms with E-state index in [9.17, 15) is 0 Å². The highest BCUT2D eigenvalue weighted by atomic mass is 16.5. The molecule has 2 fully saturated rings. The van der Waals surface area contributed by atoms with Gasteiger partial charge in [-0.15, -0.1) is 0 Å². The molecule has 0 amide bonds. The zero-order valence-corrected chi connectivity index (χ0v) is 17.0. The third-order valence-electron chi connectivity index (χ3n) is 5.06. The minimum Gasteiger partial charge on any atom is -0.469 e. The Kier molecular flexibility index (Phi) is 9.67. The number of nitrogens with one attached hydrogen (secondary N) is 2. The Bertz CT molecular complexity index is 540. The van der Waals surface area contributed by atoms with Gasteiger partial charge in [0.15, 0.2) is 5.96 Å². The van der Waals surface area contributed by atoms with E-state index in [2.05, 4.69) is 15.5 Å². The SMILES string of the molecule is c1coc(CCNC(=NCCCOCC2CC2)NCCCN2CCOCC2)c1. The summed E-state index contributed by atoms with van der Waals surface area (Å²) < 4.78 is 16.5. The minimum absolute atomic E-state index is 0.782. The van der Waals surface area contributed by atoms with Gasteiger partial charge in [0.25, 0.3) is 0 Å². The first-order valence-electron chi connectivity index (χ1n) is 10.8. The number of furan rings is 1. The number of rotatable bonds is 13. The van der Waals surface area contributed by atoms with Gasteiger partial charge in [-0.1, -0.05) is 0 Å². The second kappa shape index (κ2) is 12.8. The zero-order chi connectivity index (χ0) is 19.3. The molecule has 28 heavy (non-hydrogen) atoms. The van der Waals surface area contributed by atoms with Crippen molar-refractivity contribution < 1.29 is 13.9 Å². The maximum absolute atomic E-state index is 5.70. The summed E-state index contributed by atoms with van der Waals surface area (Å²) in [7, 11) is 0. The molecule has 2 aliphatic rings. The van der Waals surface area contributed by atoms with Gasteiger partial charge in [0.1, 0.15) is 5.76 Å². The van der Waals surface area contributed by atoms with E-state index in [-0.39, 0.29) is 0 Å². The van der Waals surface area contributed by atoms with Gasteiger partial charge in [-0.05, 0) is 50.3 Å². The summed E-state index contributed by atoms with van der Waals surface area (Å²) in [5, 5.41) is 6.89. The first-order valence-corrected chi connectivity index (χ1v) is 10.8. The van der Waals surface area contributed by atoms with Crippen LogP contribution in [0.15, 0.2) is 27.8 Å². The van der Waals surface area contributed by atoms with Gasteiger partial charge in [0.2, 0.25) is 0 Å². The average Bonchev–Trinajstić information content (AvgIpc) is 3.41. The number of ether oxygens (including phenoxy) is 2. The highest BCUT2D eigenvalue weighted by Crippen LogP contribution is 2.28. The van der Waals surface area contributed by atoms with E-state index in [4.69, 9.17) is 18.9 Å². The lowest BCUT2D eigenvalue weighted by Gasteiger charge is -2.26. The molecule has 2 heterocycles. The number of nitrogens with zero attached hydrogens (tertiary/aromatic N) is 2. The number of aliphatic imine (C=N–C) groups is 1. The smallest absolute Gasteiger partial charge is 0.191 e. The summed E-state index contributed by atoms with van der Waals surface area (Å²) in [6.45, 7) is 9.15. The molecule has 0 bridgehead atoms. The van der Waals surface area contributed by atoms with Crippen LogP contribution in [0.3, 0.4) is 0 Å². The van der Waals surface area contributed by atoms with Crippen molar-refractivity contribution in [3.8, 4) is 0 Å². The monoisotopic (exact) mass is 392 g/mol. The van der Waals surface area contributed by atoms with E-state index in [1.807, 2.05) is 12.1 Å². The quantitative estimate of drug-likeness (QED) is 0.304. The largest absolute Gasteiger partial charge is 0.469 e. The molecule has 158 valence electrons. The van der Waals surface area contributed by atoms with Gasteiger partial charge in [-0.2, -0.15) is 0 Å². The van der Waals surface area contributed by atoms with Crippen molar-refractivity contribution in [3.05, 3.63) is 24.2 Å². The van der Waals surface area contributed by atoms with Crippen molar-refractivity contribution in [2.75, 3.05) is 65.7 Å². The third-order valence-corrected chi connectivity index (χ3v) is 5.06. The van der Waals surface area contributed by atoms with Crippen LogP contribution in [0.1, 0.15) is 31.4 Å². The van der Waals surface area contributed by atoms with Crippen molar-refractivity contribution in [2.24, 2.45) is 10.9 Å². The molecule has 3 rings (SSSR count). The van der Waals surface area contributed by atoms with Gasteiger partial charge in [-0.25, -0.2) is 0 Å². The lowest BCUT2D eigenvalue weighted by molar-refractivity contribution is 0.0376. The molecule has 2 N–H and O–H groups in total. The number of guanidine groups is 1. The Morgan fingerprint density at radius 3 is 2.82 bits per heavy atom. The summed E-state index contributed by atoms with van der Waals surface area (Å²) in [5.41, 5.74) is 0. The van der Waals surface area contributed by atoms with Gasteiger partial charge >= 0.3 is 0 Å². The molecular formula is C21H36N4O3. The minimum atomic E-state index is 0.782.